The number of nitrogens with two attached hydrogens (primary N) is 1. The molecule has 5 heteroatoms. The summed E-state index contributed by atoms with van der Waals surface area (Å²) < 4.78 is 5.13. The molecular formula is C12H24N2O3. The smallest absolute Gasteiger partial charge is 0.407 e. The van der Waals surface area contributed by atoms with Crippen LogP contribution >= 0.6 is 0 Å². The monoisotopic (exact) mass is 244 g/mol. The molecule has 0 bridgehead atoms. The lowest BCUT2D eigenvalue weighted by molar-refractivity contribution is -0.0201. The van der Waals surface area contributed by atoms with Gasteiger partial charge >= 0.3 is 6.09 Å². The molecule has 1 rings (SSSR count). The van der Waals surface area contributed by atoms with Gasteiger partial charge in [-0.2, -0.15) is 0 Å². The second-order valence-corrected chi connectivity index (χ2v) is 5.58. The molecule has 0 aliphatic heterocycles. The Morgan fingerprint density at radius 1 is 1.47 bits per heavy atom. The highest BCUT2D eigenvalue weighted by atomic mass is 16.6. The predicted molar refractivity (Wildman–Crippen MR) is 65.3 cm³/mol. The zero-order valence-corrected chi connectivity index (χ0v) is 11.0. The van der Waals surface area contributed by atoms with Gasteiger partial charge in [-0.05, 0) is 46.0 Å². The average molecular weight is 244 g/mol. The molecule has 0 saturated heterocycles. The Labute approximate surface area is 103 Å². The summed E-state index contributed by atoms with van der Waals surface area (Å²) >= 11 is 0. The highest BCUT2D eigenvalue weighted by Gasteiger charge is 2.27. The number of hydrogen-bond acceptors (Lipinski definition) is 4. The van der Waals surface area contributed by atoms with Gasteiger partial charge in [0, 0.05) is 6.54 Å². The van der Waals surface area contributed by atoms with E-state index in [0.29, 0.717) is 12.5 Å². The second kappa shape index (κ2) is 6.21. The standard InChI is InChI=1S/C12H24N2O3/c1-12(2,3)16-11(15)14-8-7-10(17-13)9-5-4-6-9/h9-10H,4-8,13H2,1-3H3,(H,14,15). The van der Waals surface area contributed by atoms with Crippen molar-refractivity contribution < 1.29 is 14.4 Å². The maximum Gasteiger partial charge on any atom is 0.407 e. The molecule has 0 radical (unpaired) electrons. The lowest BCUT2D eigenvalue weighted by Crippen LogP contribution is -2.37. The van der Waals surface area contributed by atoms with Gasteiger partial charge in [-0.15, -0.1) is 0 Å². The third-order valence-electron chi connectivity index (χ3n) is 2.95. The Kier molecular flexibility index (Phi) is 5.21. The molecule has 1 fully saturated rings. The quantitative estimate of drug-likeness (QED) is 0.725. The normalized spacial score (nSPS) is 18.4. The van der Waals surface area contributed by atoms with E-state index in [1.54, 1.807) is 0 Å². The van der Waals surface area contributed by atoms with Crippen LogP contribution in [0.2, 0.25) is 0 Å². The number of nitrogens with one attached hydrogen (secondary N) is 1. The molecule has 5 nitrogen and oxygen atoms in total. The van der Waals surface area contributed by atoms with Crippen molar-refractivity contribution in [3.63, 3.8) is 0 Å². The Hall–Kier alpha value is -0.810. The van der Waals surface area contributed by atoms with Crippen molar-refractivity contribution in [2.24, 2.45) is 11.8 Å². The van der Waals surface area contributed by atoms with E-state index in [1.807, 2.05) is 20.8 Å². The van der Waals surface area contributed by atoms with E-state index in [-0.39, 0.29) is 12.2 Å². The first-order valence-electron chi connectivity index (χ1n) is 6.25. The third-order valence-corrected chi connectivity index (χ3v) is 2.95. The number of hydrogen-bond donors (Lipinski definition) is 2. The van der Waals surface area contributed by atoms with E-state index in [9.17, 15) is 4.79 Å². The Balaban J connectivity index is 2.15. The van der Waals surface area contributed by atoms with Crippen molar-refractivity contribution in [2.75, 3.05) is 6.54 Å². The summed E-state index contributed by atoms with van der Waals surface area (Å²) in [6.07, 6.45) is 4.01. The predicted octanol–water partition coefficient (Wildman–Crippen LogP) is 1.96. The van der Waals surface area contributed by atoms with E-state index in [4.69, 9.17) is 15.5 Å². The molecule has 0 aromatic heterocycles. The Morgan fingerprint density at radius 2 is 2.12 bits per heavy atom. The number of amides is 1. The molecule has 0 aromatic carbocycles. The van der Waals surface area contributed by atoms with E-state index in [2.05, 4.69) is 5.32 Å². The van der Waals surface area contributed by atoms with Crippen molar-refractivity contribution >= 4 is 6.09 Å². The third kappa shape index (κ3) is 5.37. The summed E-state index contributed by atoms with van der Waals surface area (Å²) in [5.74, 6) is 5.81. The van der Waals surface area contributed by atoms with Gasteiger partial charge in [-0.3, -0.25) is 0 Å². The van der Waals surface area contributed by atoms with Crippen LogP contribution in [-0.4, -0.2) is 24.3 Å². The van der Waals surface area contributed by atoms with Crippen LogP contribution in [0.15, 0.2) is 0 Å². The fourth-order valence-corrected chi connectivity index (χ4v) is 1.86. The molecule has 1 atom stereocenters. The summed E-state index contributed by atoms with van der Waals surface area (Å²) in [6, 6.07) is 0. The molecule has 0 spiro atoms. The minimum Gasteiger partial charge on any atom is -0.444 e. The topological polar surface area (TPSA) is 73.6 Å². The summed E-state index contributed by atoms with van der Waals surface area (Å²) in [5.41, 5.74) is -0.457. The second-order valence-electron chi connectivity index (χ2n) is 5.58. The molecule has 1 aliphatic rings. The lowest BCUT2D eigenvalue weighted by atomic mass is 9.80. The van der Waals surface area contributed by atoms with Crippen LogP contribution in [0.25, 0.3) is 0 Å². The van der Waals surface area contributed by atoms with Crippen molar-refractivity contribution in [1.29, 1.82) is 0 Å². The van der Waals surface area contributed by atoms with Crippen molar-refractivity contribution in [3.8, 4) is 0 Å². The van der Waals surface area contributed by atoms with Crippen LogP contribution in [0.4, 0.5) is 4.79 Å². The van der Waals surface area contributed by atoms with Crippen LogP contribution in [0.5, 0.6) is 0 Å². The highest BCUT2D eigenvalue weighted by Crippen LogP contribution is 2.31. The van der Waals surface area contributed by atoms with Crippen LogP contribution < -0.4 is 11.2 Å². The van der Waals surface area contributed by atoms with Gasteiger partial charge in [0.2, 0.25) is 0 Å². The molecule has 1 saturated carbocycles. The van der Waals surface area contributed by atoms with Crippen molar-refractivity contribution in [2.45, 2.75) is 58.2 Å². The number of alkyl carbamates (subject to hydrolysis) is 1. The number of carbonyl (C=O) groups excluding carboxylic acids is 1. The van der Waals surface area contributed by atoms with Crippen LogP contribution in [-0.2, 0) is 9.57 Å². The summed E-state index contributed by atoms with van der Waals surface area (Å²) in [6.45, 7) is 6.06. The minimum absolute atomic E-state index is 0.0543. The number of ether oxygens (including phenoxy) is 1. The first kappa shape index (κ1) is 14.3. The fraction of sp³-hybridized carbons (Fsp3) is 0.917. The van der Waals surface area contributed by atoms with E-state index in [1.165, 1.54) is 19.3 Å². The molecule has 17 heavy (non-hydrogen) atoms. The summed E-state index contributed by atoms with van der Waals surface area (Å²) in [4.78, 5) is 16.3. The van der Waals surface area contributed by atoms with Gasteiger partial charge in [-0.25, -0.2) is 10.7 Å². The van der Waals surface area contributed by atoms with Gasteiger partial charge in [0.15, 0.2) is 0 Å². The lowest BCUT2D eigenvalue weighted by Gasteiger charge is -2.32. The zero-order valence-electron chi connectivity index (χ0n) is 11.0. The van der Waals surface area contributed by atoms with Gasteiger partial charge in [0.1, 0.15) is 5.60 Å². The van der Waals surface area contributed by atoms with E-state index in [0.717, 1.165) is 6.42 Å². The molecule has 1 amide bonds. The molecular weight excluding hydrogens is 220 g/mol. The van der Waals surface area contributed by atoms with Gasteiger partial charge < -0.3 is 14.9 Å². The number of rotatable bonds is 5. The van der Waals surface area contributed by atoms with Crippen LogP contribution in [0, 0.1) is 5.92 Å². The molecule has 0 heterocycles. The molecule has 100 valence electrons. The number of carbonyl (C=O) groups is 1. The first-order chi connectivity index (χ1) is 7.92. The maximum absolute atomic E-state index is 11.4. The maximum atomic E-state index is 11.4. The largest absolute Gasteiger partial charge is 0.444 e. The summed E-state index contributed by atoms with van der Waals surface area (Å²) in [5, 5.41) is 2.71. The average Bonchev–Trinajstić information content (AvgIpc) is 2.10. The molecule has 1 aliphatic carbocycles. The first-order valence-corrected chi connectivity index (χ1v) is 6.25. The van der Waals surface area contributed by atoms with Gasteiger partial charge in [0.25, 0.3) is 0 Å². The van der Waals surface area contributed by atoms with Crippen molar-refractivity contribution in [1.82, 2.24) is 5.32 Å². The summed E-state index contributed by atoms with van der Waals surface area (Å²) in [7, 11) is 0. The molecule has 0 aromatic rings. The molecule has 1 unspecified atom stereocenters. The zero-order chi connectivity index (χ0) is 12.9. The molecule has 3 N–H and O–H groups in total. The van der Waals surface area contributed by atoms with Crippen LogP contribution in [0.1, 0.15) is 46.5 Å². The Bertz CT molecular complexity index is 247. The Morgan fingerprint density at radius 3 is 2.53 bits per heavy atom. The van der Waals surface area contributed by atoms with E-state index < -0.39 is 5.60 Å². The fourth-order valence-electron chi connectivity index (χ4n) is 1.86. The SMILES string of the molecule is CC(C)(C)OC(=O)NCCC(ON)C1CCC1. The van der Waals surface area contributed by atoms with E-state index >= 15 is 0 Å². The van der Waals surface area contributed by atoms with Gasteiger partial charge in [-0.1, -0.05) is 6.42 Å². The highest BCUT2D eigenvalue weighted by molar-refractivity contribution is 5.67. The van der Waals surface area contributed by atoms with Gasteiger partial charge in [0.05, 0.1) is 6.10 Å². The van der Waals surface area contributed by atoms with Crippen molar-refractivity contribution in [3.05, 3.63) is 0 Å². The minimum atomic E-state index is -0.457. The van der Waals surface area contributed by atoms with Crippen LogP contribution in [0.3, 0.4) is 0 Å².